The quantitative estimate of drug-likeness (QED) is 0.446. The Hall–Kier alpha value is -3.44. The number of alkyl halides is 6. The van der Waals surface area contributed by atoms with Gasteiger partial charge in [-0.25, -0.2) is 18.7 Å². The standard InChI is InChI=1S/C18H8F8N2O2/c19-13-3-1-9(5-11(13)17(21,22)23)29-15-7-16(28-8-27-15)30-10-2-4-14(20)12(6-10)18(24,25)26/h1-8H. The van der Waals surface area contributed by atoms with Crippen LogP contribution in [0.3, 0.4) is 0 Å². The highest BCUT2D eigenvalue weighted by Crippen LogP contribution is 2.36. The van der Waals surface area contributed by atoms with Crippen molar-refractivity contribution in [1.29, 1.82) is 0 Å². The van der Waals surface area contributed by atoms with Crippen molar-refractivity contribution in [2.75, 3.05) is 0 Å². The van der Waals surface area contributed by atoms with E-state index in [-0.39, 0.29) is 11.8 Å². The molecule has 0 unspecified atom stereocenters. The van der Waals surface area contributed by atoms with Gasteiger partial charge in [-0.3, -0.25) is 0 Å². The van der Waals surface area contributed by atoms with Crippen molar-refractivity contribution in [2.24, 2.45) is 0 Å². The molecule has 12 heteroatoms. The van der Waals surface area contributed by atoms with E-state index in [0.29, 0.717) is 24.3 Å². The number of hydrogen-bond acceptors (Lipinski definition) is 4. The van der Waals surface area contributed by atoms with Crippen molar-refractivity contribution in [3.63, 3.8) is 0 Å². The Kier molecular flexibility index (Phi) is 5.51. The van der Waals surface area contributed by atoms with Gasteiger partial charge < -0.3 is 9.47 Å². The number of benzene rings is 2. The minimum absolute atomic E-state index is 0.335. The molecule has 158 valence electrons. The Morgan fingerprint density at radius 3 is 1.37 bits per heavy atom. The fourth-order valence-corrected chi connectivity index (χ4v) is 2.25. The molecule has 0 fully saturated rings. The van der Waals surface area contributed by atoms with Gasteiger partial charge in [-0.05, 0) is 36.4 Å². The third-order valence-electron chi connectivity index (χ3n) is 3.55. The summed E-state index contributed by atoms with van der Waals surface area (Å²) in [5.74, 6) is -4.49. The molecule has 0 aliphatic rings. The Bertz CT molecular complexity index is 986. The molecule has 2 aromatic carbocycles. The first kappa shape index (κ1) is 21.3. The van der Waals surface area contributed by atoms with Gasteiger partial charge in [-0.2, -0.15) is 26.3 Å². The third-order valence-corrected chi connectivity index (χ3v) is 3.55. The Morgan fingerprint density at radius 2 is 1.00 bits per heavy atom. The second kappa shape index (κ2) is 7.76. The maximum Gasteiger partial charge on any atom is 0.419 e. The van der Waals surface area contributed by atoms with Crippen LogP contribution in [0.4, 0.5) is 35.1 Å². The fourth-order valence-electron chi connectivity index (χ4n) is 2.25. The molecular formula is C18H8F8N2O2. The fraction of sp³-hybridized carbons (Fsp3) is 0.111. The van der Waals surface area contributed by atoms with E-state index in [1.54, 1.807) is 0 Å². The first-order valence-electron chi connectivity index (χ1n) is 7.85. The van der Waals surface area contributed by atoms with E-state index >= 15 is 0 Å². The number of hydrogen-bond donors (Lipinski definition) is 0. The molecule has 0 radical (unpaired) electrons. The van der Waals surface area contributed by atoms with Crippen LogP contribution in [0, 0.1) is 11.6 Å². The molecule has 0 bridgehead atoms. The van der Waals surface area contributed by atoms with E-state index in [2.05, 4.69) is 9.97 Å². The second-order valence-corrected chi connectivity index (χ2v) is 5.68. The average Bonchev–Trinajstić information content (AvgIpc) is 2.63. The van der Waals surface area contributed by atoms with Crippen LogP contribution in [-0.4, -0.2) is 9.97 Å². The molecule has 0 amide bonds. The highest BCUT2D eigenvalue weighted by Gasteiger charge is 2.35. The lowest BCUT2D eigenvalue weighted by Gasteiger charge is -2.12. The molecule has 1 aromatic heterocycles. The predicted octanol–water partition coefficient (Wildman–Crippen LogP) is 6.38. The Morgan fingerprint density at radius 1 is 0.600 bits per heavy atom. The minimum atomic E-state index is -4.96. The van der Waals surface area contributed by atoms with Gasteiger partial charge in [0.05, 0.1) is 17.2 Å². The zero-order chi connectivity index (χ0) is 22.1. The van der Waals surface area contributed by atoms with Crippen LogP contribution in [0.5, 0.6) is 23.3 Å². The summed E-state index contributed by atoms with van der Waals surface area (Å²) < 4.78 is 113. The molecule has 0 aliphatic carbocycles. The van der Waals surface area contributed by atoms with Gasteiger partial charge in [-0.1, -0.05) is 0 Å². The summed E-state index contributed by atoms with van der Waals surface area (Å²) in [6.07, 6.45) is -9.04. The Labute approximate surface area is 162 Å². The summed E-state index contributed by atoms with van der Waals surface area (Å²) in [4.78, 5) is 7.27. The van der Waals surface area contributed by atoms with Crippen LogP contribution in [0.2, 0.25) is 0 Å². The predicted molar refractivity (Wildman–Crippen MR) is 85.0 cm³/mol. The summed E-state index contributed by atoms with van der Waals surface area (Å²) in [7, 11) is 0. The van der Waals surface area contributed by atoms with Gasteiger partial charge in [0.1, 0.15) is 29.5 Å². The third kappa shape index (κ3) is 4.93. The molecule has 0 saturated carbocycles. The molecule has 4 nitrogen and oxygen atoms in total. The van der Waals surface area contributed by atoms with E-state index in [0.717, 1.165) is 24.5 Å². The normalized spacial score (nSPS) is 12.0. The SMILES string of the molecule is Fc1ccc(Oc2cc(Oc3ccc(F)c(C(F)(F)F)c3)ncn2)cc1C(F)(F)F. The summed E-state index contributed by atoms with van der Waals surface area (Å²) in [6.45, 7) is 0. The maximum absolute atomic E-state index is 13.3. The van der Waals surface area contributed by atoms with Crippen LogP contribution in [-0.2, 0) is 12.4 Å². The van der Waals surface area contributed by atoms with Crippen molar-refractivity contribution in [1.82, 2.24) is 9.97 Å². The van der Waals surface area contributed by atoms with Crippen LogP contribution in [0.25, 0.3) is 0 Å². The lowest BCUT2D eigenvalue weighted by molar-refractivity contribution is -0.140. The van der Waals surface area contributed by atoms with E-state index in [9.17, 15) is 35.1 Å². The van der Waals surface area contributed by atoms with E-state index in [1.807, 2.05) is 0 Å². The number of nitrogens with zero attached hydrogens (tertiary/aromatic N) is 2. The van der Waals surface area contributed by atoms with Gasteiger partial charge in [0.25, 0.3) is 0 Å². The molecule has 0 spiro atoms. The number of halogens is 8. The topological polar surface area (TPSA) is 44.2 Å². The highest BCUT2D eigenvalue weighted by atomic mass is 19.4. The van der Waals surface area contributed by atoms with E-state index in [1.165, 1.54) is 0 Å². The second-order valence-electron chi connectivity index (χ2n) is 5.68. The molecule has 0 N–H and O–H groups in total. The lowest BCUT2D eigenvalue weighted by Crippen LogP contribution is -2.08. The van der Waals surface area contributed by atoms with Crippen molar-refractivity contribution in [3.05, 3.63) is 71.6 Å². The first-order chi connectivity index (χ1) is 13.9. The van der Waals surface area contributed by atoms with E-state index < -0.39 is 46.6 Å². The van der Waals surface area contributed by atoms with Crippen molar-refractivity contribution < 1.29 is 44.6 Å². The van der Waals surface area contributed by atoms with Crippen LogP contribution < -0.4 is 9.47 Å². The minimum Gasteiger partial charge on any atom is -0.439 e. The summed E-state index contributed by atoms with van der Waals surface area (Å²) in [5, 5.41) is 0. The summed E-state index contributed by atoms with van der Waals surface area (Å²) in [6, 6.07) is 4.72. The van der Waals surface area contributed by atoms with Crippen LogP contribution in [0.1, 0.15) is 11.1 Å². The number of rotatable bonds is 4. The van der Waals surface area contributed by atoms with Gasteiger partial charge in [0, 0.05) is 0 Å². The van der Waals surface area contributed by atoms with Gasteiger partial charge in [0.2, 0.25) is 11.8 Å². The van der Waals surface area contributed by atoms with Gasteiger partial charge >= 0.3 is 12.4 Å². The lowest BCUT2D eigenvalue weighted by atomic mass is 10.2. The monoisotopic (exact) mass is 436 g/mol. The summed E-state index contributed by atoms with van der Waals surface area (Å²) in [5.41, 5.74) is -3.12. The number of aromatic nitrogens is 2. The molecular weight excluding hydrogens is 428 g/mol. The molecule has 3 rings (SSSR count). The first-order valence-corrected chi connectivity index (χ1v) is 7.85. The van der Waals surface area contributed by atoms with E-state index in [4.69, 9.17) is 9.47 Å². The van der Waals surface area contributed by atoms with Gasteiger partial charge in [0.15, 0.2) is 0 Å². The van der Waals surface area contributed by atoms with Crippen molar-refractivity contribution >= 4 is 0 Å². The highest BCUT2D eigenvalue weighted by molar-refractivity contribution is 5.37. The smallest absolute Gasteiger partial charge is 0.419 e. The van der Waals surface area contributed by atoms with Crippen molar-refractivity contribution in [3.8, 4) is 23.3 Å². The molecule has 3 aromatic rings. The average molecular weight is 436 g/mol. The molecule has 30 heavy (non-hydrogen) atoms. The van der Waals surface area contributed by atoms with Crippen LogP contribution in [0.15, 0.2) is 48.8 Å². The van der Waals surface area contributed by atoms with Gasteiger partial charge in [-0.15, -0.1) is 0 Å². The Balaban J connectivity index is 1.83. The number of ether oxygens (including phenoxy) is 2. The van der Waals surface area contributed by atoms with Crippen molar-refractivity contribution in [2.45, 2.75) is 12.4 Å². The molecule has 0 saturated heterocycles. The zero-order valence-corrected chi connectivity index (χ0v) is 14.4. The maximum atomic E-state index is 13.3. The summed E-state index contributed by atoms with van der Waals surface area (Å²) >= 11 is 0. The largest absolute Gasteiger partial charge is 0.439 e. The molecule has 0 aliphatic heterocycles. The molecule has 0 atom stereocenters. The molecule has 1 heterocycles. The van der Waals surface area contributed by atoms with Crippen LogP contribution >= 0.6 is 0 Å². The zero-order valence-electron chi connectivity index (χ0n) is 14.4.